The fourth-order valence-electron chi connectivity index (χ4n) is 1.58. The van der Waals surface area contributed by atoms with Crippen molar-refractivity contribution in [2.45, 2.75) is 13.0 Å². The van der Waals surface area contributed by atoms with E-state index in [1.165, 1.54) is 0 Å². The summed E-state index contributed by atoms with van der Waals surface area (Å²) in [6.07, 6.45) is 6.29. The lowest BCUT2D eigenvalue weighted by Crippen LogP contribution is -2.33. The van der Waals surface area contributed by atoms with E-state index in [0.717, 1.165) is 19.5 Å². The van der Waals surface area contributed by atoms with Crippen LogP contribution in [0.5, 0.6) is 0 Å². The van der Waals surface area contributed by atoms with Gasteiger partial charge in [0.2, 0.25) is 0 Å². The van der Waals surface area contributed by atoms with Crippen LogP contribution in [0.3, 0.4) is 0 Å². The Kier molecular flexibility index (Phi) is 6.27. The molecule has 1 heterocycles. The van der Waals surface area contributed by atoms with E-state index in [1.807, 2.05) is 15.7 Å². The van der Waals surface area contributed by atoms with Gasteiger partial charge in [-0.2, -0.15) is 0 Å². The first kappa shape index (κ1) is 13.7. The van der Waals surface area contributed by atoms with Gasteiger partial charge in [-0.1, -0.05) is 0 Å². The number of imidazole rings is 1. The van der Waals surface area contributed by atoms with Gasteiger partial charge in [0.15, 0.2) is 0 Å². The number of aromatic nitrogens is 2. The van der Waals surface area contributed by atoms with E-state index in [9.17, 15) is 4.79 Å². The van der Waals surface area contributed by atoms with Crippen molar-refractivity contribution in [2.24, 2.45) is 0 Å². The van der Waals surface area contributed by atoms with Crippen molar-refractivity contribution in [1.82, 2.24) is 14.5 Å². The molecule has 0 fully saturated rings. The molecule has 1 aromatic rings. The molecular formula is C11H19N3O3. The molecule has 0 radical (unpaired) electrons. The summed E-state index contributed by atoms with van der Waals surface area (Å²) < 4.78 is 6.94. The molecule has 0 saturated heterocycles. The number of hydrogen-bond donors (Lipinski definition) is 1. The normalized spacial score (nSPS) is 10.9. The van der Waals surface area contributed by atoms with Crippen molar-refractivity contribution in [3.05, 3.63) is 18.7 Å². The van der Waals surface area contributed by atoms with E-state index in [-0.39, 0.29) is 6.54 Å². The molecule has 1 rings (SSSR count). The minimum Gasteiger partial charge on any atom is -0.480 e. The Balaban J connectivity index is 2.24. The summed E-state index contributed by atoms with van der Waals surface area (Å²) in [7, 11) is 1.62. The number of rotatable bonds is 9. The minimum absolute atomic E-state index is 0.0628. The van der Waals surface area contributed by atoms with Crippen molar-refractivity contribution >= 4 is 5.97 Å². The lowest BCUT2D eigenvalue weighted by molar-refractivity contribution is -0.138. The molecule has 0 aromatic carbocycles. The maximum atomic E-state index is 10.7. The lowest BCUT2D eigenvalue weighted by atomic mass is 10.3. The maximum Gasteiger partial charge on any atom is 0.317 e. The molecule has 0 aliphatic heterocycles. The van der Waals surface area contributed by atoms with Crippen LogP contribution >= 0.6 is 0 Å². The average molecular weight is 241 g/mol. The number of aryl methyl sites for hydroxylation is 1. The van der Waals surface area contributed by atoms with Gasteiger partial charge in [-0.25, -0.2) is 4.98 Å². The molecule has 0 saturated carbocycles. The summed E-state index contributed by atoms with van der Waals surface area (Å²) in [6.45, 7) is 2.86. The van der Waals surface area contributed by atoms with Gasteiger partial charge in [0.1, 0.15) is 0 Å². The van der Waals surface area contributed by atoms with E-state index >= 15 is 0 Å². The van der Waals surface area contributed by atoms with Crippen LogP contribution < -0.4 is 0 Å². The Bertz CT molecular complexity index is 314. The van der Waals surface area contributed by atoms with Gasteiger partial charge in [0, 0.05) is 39.1 Å². The van der Waals surface area contributed by atoms with Crippen LogP contribution in [0.1, 0.15) is 6.42 Å². The van der Waals surface area contributed by atoms with E-state index in [0.29, 0.717) is 13.2 Å². The molecule has 6 nitrogen and oxygen atoms in total. The number of carbonyl (C=O) groups is 1. The van der Waals surface area contributed by atoms with Gasteiger partial charge in [-0.05, 0) is 6.42 Å². The highest BCUT2D eigenvalue weighted by atomic mass is 16.5. The summed E-state index contributed by atoms with van der Waals surface area (Å²) in [5.74, 6) is -0.802. The summed E-state index contributed by atoms with van der Waals surface area (Å²) in [5, 5.41) is 8.77. The van der Waals surface area contributed by atoms with E-state index in [4.69, 9.17) is 9.84 Å². The van der Waals surface area contributed by atoms with Crippen LogP contribution in [-0.2, 0) is 16.1 Å². The zero-order valence-corrected chi connectivity index (χ0v) is 10.1. The Labute approximate surface area is 101 Å². The zero-order chi connectivity index (χ0) is 12.5. The van der Waals surface area contributed by atoms with E-state index in [2.05, 4.69) is 4.98 Å². The SMILES string of the molecule is COCCN(CCCn1ccnc1)CC(=O)O. The summed E-state index contributed by atoms with van der Waals surface area (Å²) in [6, 6.07) is 0. The summed E-state index contributed by atoms with van der Waals surface area (Å²) in [4.78, 5) is 16.5. The number of hydrogen-bond acceptors (Lipinski definition) is 4. The van der Waals surface area contributed by atoms with Crippen molar-refractivity contribution in [3.8, 4) is 0 Å². The first-order chi connectivity index (χ1) is 8.22. The third-order valence-corrected chi connectivity index (χ3v) is 2.42. The van der Waals surface area contributed by atoms with Gasteiger partial charge >= 0.3 is 5.97 Å². The number of nitrogens with zero attached hydrogens (tertiary/aromatic N) is 3. The zero-order valence-electron chi connectivity index (χ0n) is 10.1. The van der Waals surface area contributed by atoms with Crippen LogP contribution in [0.2, 0.25) is 0 Å². The molecule has 1 aromatic heterocycles. The smallest absolute Gasteiger partial charge is 0.317 e. The first-order valence-corrected chi connectivity index (χ1v) is 5.61. The van der Waals surface area contributed by atoms with Gasteiger partial charge in [-0.15, -0.1) is 0 Å². The van der Waals surface area contributed by atoms with Gasteiger partial charge in [0.05, 0.1) is 19.5 Å². The third kappa shape index (κ3) is 6.03. The van der Waals surface area contributed by atoms with Crippen molar-refractivity contribution in [3.63, 3.8) is 0 Å². The van der Waals surface area contributed by atoms with Crippen LogP contribution in [0.25, 0.3) is 0 Å². The van der Waals surface area contributed by atoms with E-state index in [1.54, 1.807) is 19.6 Å². The number of ether oxygens (including phenoxy) is 1. The number of aliphatic carboxylic acids is 1. The van der Waals surface area contributed by atoms with Crippen LogP contribution in [-0.4, -0.2) is 58.9 Å². The highest BCUT2D eigenvalue weighted by Crippen LogP contribution is 1.96. The number of methoxy groups -OCH3 is 1. The fourth-order valence-corrected chi connectivity index (χ4v) is 1.58. The fraction of sp³-hybridized carbons (Fsp3) is 0.636. The molecule has 0 spiro atoms. The average Bonchev–Trinajstić information content (AvgIpc) is 2.78. The molecule has 6 heteroatoms. The Morgan fingerprint density at radius 2 is 2.35 bits per heavy atom. The Morgan fingerprint density at radius 1 is 1.53 bits per heavy atom. The molecule has 0 amide bonds. The Hall–Kier alpha value is -1.40. The molecule has 96 valence electrons. The quantitative estimate of drug-likeness (QED) is 0.673. The van der Waals surface area contributed by atoms with Crippen LogP contribution in [0.4, 0.5) is 0 Å². The highest BCUT2D eigenvalue weighted by molar-refractivity contribution is 5.69. The predicted octanol–water partition coefficient (Wildman–Crippen LogP) is 0.306. The minimum atomic E-state index is -0.802. The number of carboxylic acids is 1. The monoisotopic (exact) mass is 241 g/mol. The topological polar surface area (TPSA) is 67.6 Å². The number of carboxylic acid groups (broad SMARTS) is 1. The molecule has 1 N–H and O–H groups in total. The standard InChI is InChI=1S/C11H19N3O3/c1-17-8-7-13(9-11(15)16)4-2-5-14-6-3-12-10-14/h3,6,10H,2,4-5,7-9H2,1H3,(H,15,16). The second-order valence-corrected chi connectivity index (χ2v) is 3.82. The second-order valence-electron chi connectivity index (χ2n) is 3.82. The Morgan fingerprint density at radius 3 is 2.94 bits per heavy atom. The van der Waals surface area contributed by atoms with Crippen LogP contribution in [0.15, 0.2) is 18.7 Å². The summed E-state index contributed by atoms with van der Waals surface area (Å²) >= 11 is 0. The maximum absolute atomic E-state index is 10.7. The van der Waals surface area contributed by atoms with Gasteiger partial charge < -0.3 is 14.4 Å². The van der Waals surface area contributed by atoms with Crippen molar-refractivity contribution in [2.75, 3.05) is 33.4 Å². The van der Waals surface area contributed by atoms with Crippen LogP contribution in [0, 0.1) is 0 Å². The lowest BCUT2D eigenvalue weighted by Gasteiger charge is -2.19. The highest BCUT2D eigenvalue weighted by Gasteiger charge is 2.08. The van der Waals surface area contributed by atoms with Crippen molar-refractivity contribution < 1.29 is 14.6 Å². The second kappa shape index (κ2) is 7.81. The van der Waals surface area contributed by atoms with E-state index < -0.39 is 5.97 Å². The largest absolute Gasteiger partial charge is 0.480 e. The predicted molar refractivity (Wildman–Crippen MR) is 62.8 cm³/mol. The van der Waals surface area contributed by atoms with Gasteiger partial charge in [-0.3, -0.25) is 9.69 Å². The summed E-state index contributed by atoms with van der Waals surface area (Å²) in [5.41, 5.74) is 0. The molecule has 0 bridgehead atoms. The molecule has 0 unspecified atom stereocenters. The molecule has 0 aliphatic carbocycles. The molecule has 0 aliphatic rings. The van der Waals surface area contributed by atoms with Crippen molar-refractivity contribution in [1.29, 1.82) is 0 Å². The molecular weight excluding hydrogens is 222 g/mol. The molecule has 0 atom stereocenters. The van der Waals surface area contributed by atoms with Gasteiger partial charge in [0.25, 0.3) is 0 Å². The third-order valence-electron chi connectivity index (χ3n) is 2.42. The molecule has 17 heavy (non-hydrogen) atoms. The first-order valence-electron chi connectivity index (χ1n) is 5.61.